The summed E-state index contributed by atoms with van der Waals surface area (Å²) < 4.78 is 0. The van der Waals surface area contributed by atoms with Gasteiger partial charge < -0.3 is 10.3 Å². The van der Waals surface area contributed by atoms with Gasteiger partial charge in [0.1, 0.15) is 5.82 Å². The fourth-order valence-electron chi connectivity index (χ4n) is 3.55. The minimum absolute atomic E-state index is 0.0387. The number of benzene rings is 1. The Morgan fingerprint density at radius 2 is 2.08 bits per heavy atom. The number of aromatic amines is 1. The van der Waals surface area contributed by atoms with E-state index < -0.39 is 0 Å². The van der Waals surface area contributed by atoms with E-state index >= 15 is 0 Å². The molecule has 0 spiro atoms. The average molecular weight is 327 g/mol. The molecule has 2 aromatic rings. The van der Waals surface area contributed by atoms with Crippen molar-refractivity contribution in [2.75, 3.05) is 0 Å². The Labute approximate surface area is 141 Å². The number of fused-ring (bicyclic) bond motifs is 1. The molecule has 24 heavy (non-hydrogen) atoms. The largest absolute Gasteiger partial charge is 0.353 e. The number of nitrogens with zero attached hydrogens (tertiary/aromatic N) is 1. The summed E-state index contributed by atoms with van der Waals surface area (Å²) in [5.74, 6) is 1.78. The summed E-state index contributed by atoms with van der Waals surface area (Å²) in [4.78, 5) is 31.5. The Kier molecular flexibility index (Phi) is 4.97. The molecule has 0 radical (unpaired) electrons. The number of nitrogens with one attached hydrogen (secondary N) is 2. The van der Waals surface area contributed by atoms with Crippen LogP contribution in [0.2, 0.25) is 0 Å². The van der Waals surface area contributed by atoms with E-state index in [2.05, 4.69) is 29.1 Å². The number of carbonyl (C=O) groups is 1. The summed E-state index contributed by atoms with van der Waals surface area (Å²) in [7, 11) is 0. The molecule has 1 heterocycles. The van der Waals surface area contributed by atoms with Crippen molar-refractivity contribution in [2.45, 2.75) is 52.0 Å². The van der Waals surface area contributed by atoms with Crippen LogP contribution in [0.3, 0.4) is 0 Å². The minimum Gasteiger partial charge on any atom is -0.353 e. The lowest BCUT2D eigenvalue weighted by molar-refractivity contribution is -0.122. The van der Waals surface area contributed by atoms with Crippen LogP contribution in [0, 0.1) is 11.8 Å². The minimum atomic E-state index is -0.147. The maximum atomic E-state index is 12.3. The third-order valence-electron chi connectivity index (χ3n) is 5.30. The smallest absolute Gasteiger partial charge is 0.258 e. The summed E-state index contributed by atoms with van der Waals surface area (Å²) in [5, 5.41) is 3.74. The fourth-order valence-corrected chi connectivity index (χ4v) is 3.55. The number of aromatic nitrogens is 2. The van der Waals surface area contributed by atoms with E-state index in [1.165, 1.54) is 12.8 Å². The number of hydrogen-bond donors (Lipinski definition) is 2. The van der Waals surface area contributed by atoms with E-state index in [1.54, 1.807) is 6.07 Å². The van der Waals surface area contributed by atoms with E-state index in [9.17, 15) is 9.59 Å². The highest BCUT2D eigenvalue weighted by Crippen LogP contribution is 2.29. The van der Waals surface area contributed by atoms with Gasteiger partial charge in [-0.05, 0) is 30.4 Å². The van der Waals surface area contributed by atoms with Crippen LogP contribution in [-0.2, 0) is 11.2 Å². The maximum absolute atomic E-state index is 12.3. The Bertz CT molecular complexity index is 784. The van der Waals surface area contributed by atoms with Crippen molar-refractivity contribution in [3.8, 4) is 0 Å². The first kappa shape index (κ1) is 16.7. The van der Waals surface area contributed by atoms with Crippen molar-refractivity contribution < 1.29 is 4.79 Å². The zero-order chi connectivity index (χ0) is 17.1. The third-order valence-corrected chi connectivity index (χ3v) is 5.30. The zero-order valence-corrected chi connectivity index (χ0v) is 14.3. The van der Waals surface area contributed by atoms with Crippen LogP contribution >= 0.6 is 0 Å². The number of rotatable bonds is 4. The quantitative estimate of drug-likeness (QED) is 0.907. The third kappa shape index (κ3) is 3.66. The van der Waals surface area contributed by atoms with Crippen molar-refractivity contribution in [2.24, 2.45) is 11.8 Å². The Morgan fingerprint density at radius 1 is 1.29 bits per heavy atom. The zero-order valence-electron chi connectivity index (χ0n) is 14.3. The first-order valence-electron chi connectivity index (χ1n) is 8.82. The van der Waals surface area contributed by atoms with Gasteiger partial charge in [-0.2, -0.15) is 0 Å². The first-order chi connectivity index (χ1) is 11.5. The number of amides is 1. The number of para-hydroxylation sites is 1. The lowest BCUT2D eigenvalue weighted by Gasteiger charge is -2.34. The van der Waals surface area contributed by atoms with Crippen molar-refractivity contribution in [1.82, 2.24) is 15.3 Å². The second-order valence-electron chi connectivity index (χ2n) is 6.97. The van der Waals surface area contributed by atoms with E-state index in [0.29, 0.717) is 41.4 Å². The Hall–Kier alpha value is -2.17. The number of H-pyrrole nitrogens is 1. The van der Waals surface area contributed by atoms with Crippen LogP contribution in [-0.4, -0.2) is 21.9 Å². The van der Waals surface area contributed by atoms with Gasteiger partial charge in [0.05, 0.1) is 10.9 Å². The van der Waals surface area contributed by atoms with Gasteiger partial charge in [-0.1, -0.05) is 38.8 Å². The summed E-state index contributed by atoms with van der Waals surface area (Å²) in [5.41, 5.74) is 0.525. The molecule has 3 rings (SSSR count). The molecule has 5 heteroatoms. The average Bonchev–Trinajstić information content (AvgIpc) is 2.57. The SMILES string of the molecule is C[C@H]1[C@H](C)CCC[C@@H]1NC(=O)CCc1nc2ccccc2c(=O)[nH]1. The second-order valence-corrected chi connectivity index (χ2v) is 6.97. The van der Waals surface area contributed by atoms with Crippen molar-refractivity contribution in [3.05, 3.63) is 40.4 Å². The molecule has 1 fully saturated rings. The van der Waals surface area contributed by atoms with Crippen LogP contribution in [0.1, 0.15) is 45.4 Å². The van der Waals surface area contributed by atoms with Crippen LogP contribution < -0.4 is 10.9 Å². The van der Waals surface area contributed by atoms with Gasteiger partial charge in [-0.25, -0.2) is 4.98 Å². The number of carbonyl (C=O) groups excluding carboxylic acids is 1. The van der Waals surface area contributed by atoms with Gasteiger partial charge in [0.25, 0.3) is 5.56 Å². The molecule has 0 aliphatic heterocycles. The van der Waals surface area contributed by atoms with Crippen LogP contribution in [0.4, 0.5) is 0 Å². The van der Waals surface area contributed by atoms with Crippen molar-refractivity contribution in [1.29, 1.82) is 0 Å². The number of aryl methyl sites for hydroxylation is 1. The monoisotopic (exact) mass is 327 g/mol. The van der Waals surface area contributed by atoms with Crippen molar-refractivity contribution >= 4 is 16.8 Å². The molecule has 1 aliphatic rings. The molecule has 1 saturated carbocycles. The molecule has 2 N–H and O–H groups in total. The van der Waals surface area contributed by atoms with Crippen LogP contribution in [0.15, 0.2) is 29.1 Å². The molecule has 1 aromatic carbocycles. The van der Waals surface area contributed by atoms with Gasteiger partial charge in [-0.3, -0.25) is 9.59 Å². The van der Waals surface area contributed by atoms with Crippen molar-refractivity contribution in [3.63, 3.8) is 0 Å². The number of hydrogen-bond acceptors (Lipinski definition) is 3. The lowest BCUT2D eigenvalue weighted by atomic mass is 9.78. The van der Waals surface area contributed by atoms with Gasteiger partial charge in [0, 0.05) is 18.9 Å². The summed E-state index contributed by atoms with van der Waals surface area (Å²) in [6, 6.07) is 7.52. The Balaban J connectivity index is 1.61. The van der Waals surface area contributed by atoms with Gasteiger partial charge in [-0.15, -0.1) is 0 Å². The predicted molar refractivity (Wildman–Crippen MR) is 94.8 cm³/mol. The lowest BCUT2D eigenvalue weighted by Crippen LogP contribution is -2.43. The summed E-state index contributed by atoms with van der Waals surface area (Å²) in [6.07, 6.45) is 4.27. The Morgan fingerprint density at radius 3 is 2.92 bits per heavy atom. The van der Waals surface area contributed by atoms with E-state index in [-0.39, 0.29) is 17.5 Å². The van der Waals surface area contributed by atoms with Gasteiger partial charge >= 0.3 is 0 Å². The molecule has 5 nitrogen and oxygen atoms in total. The molecule has 0 saturated heterocycles. The molecular formula is C19H25N3O2. The summed E-state index contributed by atoms with van der Waals surface area (Å²) >= 11 is 0. The van der Waals surface area contributed by atoms with E-state index in [0.717, 1.165) is 6.42 Å². The predicted octanol–water partition coefficient (Wildman–Crippen LogP) is 2.80. The molecule has 1 amide bonds. The molecule has 0 bridgehead atoms. The highest BCUT2D eigenvalue weighted by atomic mass is 16.1. The second kappa shape index (κ2) is 7.16. The fraction of sp³-hybridized carbons (Fsp3) is 0.526. The molecule has 0 unspecified atom stereocenters. The molecule has 3 atom stereocenters. The standard InChI is InChI=1S/C19H25N3O2/c1-12-6-5-9-15(13(12)2)21-18(23)11-10-17-20-16-8-4-3-7-14(16)19(24)22-17/h3-4,7-8,12-13,15H,5-6,9-11H2,1-2H3,(H,21,23)(H,20,22,24)/t12-,13+,15+/m1/s1. The summed E-state index contributed by atoms with van der Waals surface area (Å²) in [6.45, 7) is 4.48. The van der Waals surface area contributed by atoms with Gasteiger partial charge in [0.2, 0.25) is 5.91 Å². The highest BCUT2D eigenvalue weighted by Gasteiger charge is 2.27. The van der Waals surface area contributed by atoms with Gasteiger partial charge in [0.15, 0.2) is 0 Å². The molecular weight excluding hydrogens is 302 g/mol. The normalized spacial score (nSPS) is 24.0. The highest BCUT2D eigenvalue weighted by molar-refractivity contribution is 5.78. The first-order valence-corrected chi connectivity index (χ1v) is 8.82. The van der Waals surface area contributed by atoms with E-state index in [4.69, 9.17) is 0 Å². The molecule has 1 aromatic heterocycles. The molecule has 1 aliphatic carbocycles. The topological polar surface area (TPSA) is 74.8 Å². The van der Waals surface area contributed by atoms with Crippen LogP contribution in [0.5, 0.6) is 0 Å². The van der Waals surface area contributed by atoms with Crippen LogP contribution in [0.25, 0.3) is 10.9 Å². The molecule has 128 valence electrons. The maximum Gasteiger partial charge on any atom is 0.258 e. The van der Waals surface area contributed by atoms with E-state index in [1.807, 2.05) is 18.2 Å².